The molecule has 5 unspecified atom stereocenters. The molecule has 0 aromatic rings. The normalized spacial score (nSPS) is 14.8. The summed E-state index contributed by atoms with van der Waals surface area (Å²) in [6, 6.07) is 0. The second kappa shape index (κ2) is 80.4. The van der Waals surface area contributed by atoms with E-state index in [1.807, 2.05) is 12.2 Å². The molecule has 0 aromatic carbocycles. The Morgan fingerprint density at radius 3 is 0.813 bits per heavy atom. The van der Waals surface area contributed by atoms with Crippen molar-refractivity contribution in [2.75, 3.05) is 39.6 Å². The molecule has 0 aliphatic heterocycles. The van der Waals surface area contributed by atoms with E-state index in [-0.39, 0.29) is 19.3 Å². The topological polar surface area (TPSA) is 231 Å². The van der Waals surface area contributed by atoms with Gasteiger partial charge in [-0.2, -0.15) is 0 Å². The minimum absolute atomic E-state index is 0.0157. The molecule has 0 radical (unpaired) electrons. The van der Waals surface area contributed by atoms with Crippen molar-refractivity contribution >= 4 is 33.6 Å². The summed E-state index contributed by atoms with van der Waals surface area (Å²) in [5.74, 6) is -1.67. The van der Waals surface area contributed by atoms with Crippen LogP contribution in [-0.4, -0.2) is 95.9 Å². The molecule has 0 amide bonds. The van der Waals surface area contributed by atoms with E-state index in [0.717, 1.165) is 135 Å². The van der Waals surface area contributed by atoms with E-state index in [4.69, 9.17) is 32.3 Å². The molecular formula is C89H148O16P2. The zero-order valence-corrected chi connectivity index (χ0v) is 68.5. The molecule has 4 N–H and O–H groups in total. The second-order valence-electron chi connectivity index (χ2n) is 27.2. The van der Waals surface area contributed by atoms with Crippen LogP contribution in [-0.2, 0) is 55.8 Å². The molecule has 107 heavy (non-hydrogen) atoms. The minimum Gasteiger partial charge on any atom is -0.463 e. The summed E-state index contributed by atoms with van der Waals surface area (Å²) in [6.45, 7) is 2.33. The van der Waals surface area contributed by atoms with Crippen LogP contribution in [0.2, 0.25) is 0 Å². The molecule has 5 atom stereocenters. The largest absolute Gasteiger partial charge is 0.472 e. The Labute approximate surface area is 650 Å². The maximum Gasteiger partial charge on any atom is 0.472 e. The number of ether oxygens (including phenoxy) is 3. The van der Waals surface area contributed by atoms with Crippen molar-refractivity contribution in [1.82, 2.24) is 0 Å². The van der Waals surface area contributed by atoms with Crippen LogP contribution in [0.3, 0.4) is 0 Å². The lowest BCUT2D eigenvalue weighted by Crippen LogP contribution is -2.30. The highest BCUT2D eigenvalue weighted by molar-refractivity contribution is 7.47. The summed E-state index contributed by atoms with van der Waals surface area (Å²) in [4.78, 5) is 58.7. The first-order valence-electron chi connectivity index (χ1n) is 41.4. The minimum atomic E-state index is -4.96. The highest BCUT2D eigenvalue weighted by atomic mass is 31.2. The summed E-state index contributed by atoms with van der Waals surface area (Å²) < 4.78 is 61.1. The highest BCUT2D eigenvalue weighted by Gasteiger charge is 2.29. The summed E-state index contributed by atoms with van der Waals surface area (Å²) in [7, 11) is -9.83. The zero-order chi connectivity index (χ0) is 78.0. The van der Waals surface area contributed by atoms with E-state index in [0.29, 0.717) is 25.7 Å². The van der Waals surface area contributed by atoms with E-state index in [2.05, 4.69) is 179 Å². The van der Waals surface area contributed by atoms with Crippen molar-refractivity contribution in [1.29, 1.82) is 0 Å². The van der Waals surface area contributed by atoms with Gasteiger partial charge in [0.2, 0.25) is 0 Å². The number of aliphatic hydroxyl groups is 2. The van der Waals surface area contributed by atoms with E-state index in [9.17, 15) is 43.5 Å². The lowest BCUT2D eigenvalue weighted by Gasteiger charge is -2.21. The molecule has 0 rings (SSSR count). The molecule has 0 saturated carbocycles. The van der Waals surface area contributed by atoms with Gasteiger partial charge >= 0.3 is 33.6 Å². The fourth-order valence-corrected chi connectivity index (χ4v) is 12.3. The maximum absolute atomic E-state index is 13.0. The Bertz CT molecular complexity index is 2620. The van der Waals surface area contributed by atoms with E-state index in [1.165, 1.54) is 116 Å². The number of esters is 3. The second-order valence-corrected chi connectivity index (χ2v) is 30.1. The third kappa shape index (κ3) is 81.7. The van der Waals surface area contributed by atoms with E-state index >= 15 is 0 Å². The third-order valence-corrected chi connectivity index (χ3v) is 18.8. The van der Waals surface area contributed by atoms with Crippen LogP contribution in [0.1, 0.15) is 316 Å². The molecule has 0 heterocycles. The van der Waals surface area contributed by atoms with E-state index < -0.39 is 91.5 Å². The number of carbonyl (C=O) groups excluding carboxylic acids is 3. The van der Waals surface area contributed by atoms with Crippen LogP contribution >= 0.6 is 15.6 Å². The zero-order valence-electron chi connectivity index (χ0n) is 66.7. The standard InChI is InChI=1S/C89H148O16P2/c1-4-7-10-13-16-19-22-25-28-31-33-35-36-37-38-39-40-41-42-43-44-45-46-48-50-52-54-57-60-63-66-69-72-75-87(92)99-78-84(90)79-101-106(95,96)102-80-85(91)81-103-107(97,98)104-83-86(105-89(94)77-74-71-68-65-62-59-56-51-30-27-24-21-18-15-12-9-6-3)82-100-88(93)76-73-70-67-64-61-58-55-53-49-47-34-32-29-26-23-20-17-14-11-8-5-2/h8-9,11-12,16-21,25-30,33-35,37-38,47,53,55-56,59,65,68,84-86,90-91H,4-7,10,13-15,22-24,31-32,36,39-46,48-52,54,57-58,60-64,66-67,69-83H2,1-3H3,(H,95,96)(H,97,98)/b11-8-,12-9-,19-16-,20-17-,21-18-,28-25-,29-26-,30-27-,35-33-,38-37-,47-34-,55-53-,59-56-,68-65-. The van der Waals surface area contributed by atoms with Crippen molar-refractivity contribution in [3.05, 3.63) is 170 Å². The van der Waals surface area contributed by atoms with Gasteiger partial charge in [-0.05, 0) is 148 Å². The van der Waals surface area contributed by atoms with Gasteiger partial charge in [0.05, 0.1) is 26.4 Å². The molecule has 0 bridgehead atoms. The number of allylic oxidation sites excluding steroid dienone is 28. The smallest absolute Gasteiger partial charge is 0.463 e. The van der Waals surface area contributed by atoms with Gasteiger partial charge < -0.3 is 34.2 Å². The molecular weight excluding hydrogens is 1390 g/mol. The first-order valence-corrected chi connectivity index (χ1v) is 44.4. The van der Waals surface area contributed by atoms with Crippen LogP contribution in [0.25, 0.3) is 0 Å². The predicted molar refractivity (Wildman–Crippen MR) is 445 cm³/mol. The molecule has 0 aliphatic rings. The van der Waals surface area contributed by atoms with Gasteiger partial charge in [-0.25, -0.2) is 9.13 Å². The Balaban J connectivity index is 4.54. The summed E-state index contributed by atoms with van der Waals surface area (Å²) in [5, 5.41) is 20.7. The number of hydrogen-bond donors (Lipinski definition) is 4. The van der Waals surface area contributed by atoms with Gasteiger partial charge in [0, 0.05) is 19.3 Å². The van der Waals surface area contributed by atoms with E-state index in [1.54, 1.807) is 0 Å². The molecule has 0 spiro atoms. The first kappa shape index (κ1) is 102. The number of rotatable bonds is 77. The Morgan fingerprint density at radius 2 is 0.505 bits per heavy atom. The average molecular weight is 1540 g/mol. The SMILES string of the molecule is CC/C=C\C/C=C\C/C=C\C/C=C\C/C=C\CCCCCCCC(=O)OCC(COP(=O)(O)OCC(O)COP(=O)(O)OCC(O)COC(=O)CCCCCCCCCCCCCCCCCCC/C=C\C/C=C\C/C=C\C/C=C\CCCCC)OC(=O)CCC/C=C\C/C=C\C/C=C\C/C=C\C/C=C\CC. The summed E-state index contributed by atoms with van der Waals surface area (Å²) in [5.41, 5.74) is 0. The molecule has 0 aromatic heterocycles. The van der Waals surface area contributed by atoms with Crippen LogP contribution in [0.15, 0.2) is 170 Å². The highest BCUT2D eigenvalue weighted by Crippen LogP contribution is 2.45. The van der Waals surface area contributed by atoms with Crippen molar-refractivity contribution in [3.8, 4) is 0 Å². The number of phosphoric ester groups is 2. The van der Waals surface area contributed by atoms with Gasteiger partial charge in [-0.1, -0.05) is 319 Å². The molecule has 18 heteroatoms. The van der Waals surface area contributed by atoms with Gasteiger partial charge in [0.25, 0.3) is 0 Å². The Morgan fingerprint density at radius 1 is 0.271 bits per heavy atom. The van der Waals surface area contributed by atoms with Crippen LogP contribution in [0.4, 0.5) is 0 Å². The van der Waals surface area contributed by atoms with Crippen LogP contribution in [0, 0.1) is 0 Å². The van der Waals surface area contributed by atoms with Gasteiger partial charge in [0.15, 0.2) is 6.10 Å². The van der Waals surface area contributed by atoms with Crippen molar-refractivity contribution in [3.63, 3.8) is 0 Å². The maximum atomic E-state index is 13.0. The Kier molecular flexibility index (Phi) is 76.6. The monoisotopic (exact) mass is 1540 g/mol. The summed E-state index contributed by atoms with van der Waals surface area (Å²) in [6.07, 6.45) is 103. The lowest BCUT2D eigenvalue weighted by molar-refractivity contribution is -0.161. The summed E-state index contributed by atoms with van der Waals surface area (Å²) >= 11 is 0. The number of unbranched alkanes of at least 4 members (excludes halogenated alkanes) is 26. The third-order valence-electron chi connectivity index (χ3n) is 16.9. The molecule has 0 saturated heterocycles. The molecule has 16 nitrogen and oxygen atoms in total. The number of aliphatic hydroxyl groups excluding tert-OH is 2. The predicted octanol–water partition coefficient (Wildman–Crippen LogP) is 24.8. The van der Waals surface area contributed by atoms with Crippen molar-refractivity contribution in [2.24, 2.45) is 0 Å². The van der Waals surface area contributed by atoms with Gasteiger partial charge in [-0.15, -0.1) is 0 Å². The quantitative estimate of drug-likeness (QED) is 0.0146. The van der Waals surface area contributed by atoms with Crippen molar-refractivity contribution < 1.29 is 75.8 Å². The Hall–Kier alpha value is -5.09. The van der Waals surface area contributed by atoms with Gasteiger partial charge in [0.1, 0.15) is 25.4 Å². The first-order chi connectivity index (χ1) is 52.2. The molecule has 0 fully saturated rings. The molecule has 0 aliphatic carbocycles. The fraction of sp³-hybridized carbons (Fsp3) is 0.652. The lowest BCUT2D eigenvalue weighted by atomic mass is 10.0. The number of carbonyl (C=O) groups is 3. The van der Waals surface area contributed by atoms with Crippen molar-refractivity contribution in [2.45, 2.75) is 334 Å². The number of hydrogen-bond acceptors (Lipinski definition) is 14. The number of phosphoric acid groups is 2. The van der Waals surface area contributed by atoms with Crippen LogP contribution < -0.4 is 0 Å². The van der Waals surface area contributed by atoms with Gasteiger partial charge in [-0.3, -0.25) is 32.5 Å². The van der Waals surface area contributed by atoms with Crippen LogP contribution in [0.5, 0.6) is 0 Å². The fourth-order valence-electron chi connectivity index (χ4n) is 10.7. The molecule has 610 valence electrons. The average Bonchev–Trinajstić information content (AvgIpc) is 0.927.